The fraction of sp³-hybridized carbons (Fsp3) is 0.857. The summed E-state index contributed by atoms with van der Waals surface area (Å²) in [6.45, 7) is 5.47. The molecule has 4 aliphatic heterocycles. The van der Waals surface area contributed by atoms with Gasteiger partial charge in [0.1, 0.15) is 11.5 Å². The van der Waals surface area contributed by atoms with Crippen LogP contribution in [-0.2, 0) is 14.8 Å². The molecule has 29 heavy (non-hydrogen) atoms. The molecule has 5 heterocycles. The van der Waals surface area contributed by atoms with Crippen LogP contribution in [0, 0.1) is 5.92 Å². The van der Waals surface area contributed by atoms with Crippen LogP contribution in [0.15, 0.2) is 16.9 Å². The van der Waals surface area contributed by atoms with Gasteiger partial charge in [0.2, 0.25) is 10.0 Å². The smallest absolute Gasteiger partial charge is 0.220 e. The molecule has 1 aromatic rings. The minimum absolute atomic E-state index is 0.134. The molecule has 4 saturated heterocycles. The van der Waals surface area contributed by atoms with Gasteiger partial charge >= 0.3 is 0 Å². The zero-order chi connectivity index (χ0) is 20.0. The Morgan fingerprint density at radius 1 is 1.03 bits per heavy atom. The van der Waals surface area contributed by atoms with Crippen LogP contribution in [-0.4, -0.2) is 72.3 Å². The van der Waals surface area contributed by atoms with E-state index in [0.717, 1.165) is 31.6 Å². The molecule has 0 aromatic carbocycles. The highest BCUT2D eigenvalue weighted by Crippen LogP contribution is 2.43. The maximum Gasteiger partial charge on any atom is 0.220 e. The summed E-state index contributed by atoms with van der Waals surface area (Å²) in [5.74, 6) is 1.14. The number of hydrogen-bond acceptors (Lipinski definition) is 6. The minimum Gasteiger partial charge on any atom is -0.449 e. The van der Waals surface area contributed by atoms with Crippen LogP contribution in [0.3, 0.4) is 0 Å². The van der Waals surface area contributed by atoms with Crippen LogP contribution in [0.5, 0.6) is 0 Å². The van der Waals surface area contributed by atoms with E-state index in [9.17, 15) is 8.42 Å². The SMILES string of the molecule is CC1CCN(C2CC3CCC(C2)N3S(=O)(=O)C2COCCC2c2ncco2)CC1. The molecule has 0 aliphatic carbocycles. The molecule has 4 unspecified atom stereocenters. The minimum atomic E-state index is -3.47. The van der Waals surface area contributed by atoms with E-state index in [1.165, 1.54) is 32.2 Å². The predicted octanol–water partition coefficient (Wildman–Crippen LogP) is 2.60. The Hall–Kier alpha value is -0.960. The van der Waals surface area contributed by atoms with Crippen molar-refractivity contribution in [2.75, 3.05) is 26.3 Å². The summed E-state index contributed by atoms with van der Waals surface area (Å²) < 4.78 is 40.6. The second-order valence-corrected chi connectivity index (χ2v) is 11.5. The highest BCUT2D eigenvalue weighted by Gasteiger charge is 2.52. The van der Waals surface area contributed by atoms with E-state index in [-0.39, 0.29) is 24.6 Å². The fourth-order valence-corrected chi connectivity index (χ4v) is 8.54. The molecule has 7 nitrogen and oxygen atoms in total. The zero-order valence-electron chi connectivity index (χ0n) is 17.3. The molecule has 4 atom stereocenters. The number of nitrogens with zero attached hydrogens (tertiary/aromatic N) is 3. The summed E-state index contributed by atoms with van der Waals surface area (Å²) in [4.78, 5) is 6.90. The number of fused-ring (bicyclic) bond motifs is 2. The average Bonchev–Trinajstić information content (AvgIpc) is 3.35. The molecule has 8 heteroatoms. The van der Waals surface area contributed by atoms with E-state index in [0.29, 0.717) is 25.0 Å². The van der Waals surface area contributed by atoms with E-state index in [2.05, 4.69) is 16.8 Å². The van der Waals surface area contributed by atoms with Crippen LogP contribution >= 0.6 is 0 Å². The monoisotopic (exact) mass is 423 g/mol. The first kappa shape index (κ1) is 20.0. The van der Waals surface area contributed by atoms with Gasteiger partial charge in [0.05, 0.1) is 18.7 Å². The van der Waals surface area contributed by atoms with Crippen LogP contribution in [0.4, 0.5) is 0 Å². The summed E-state index contributed by atoms with van der Waals surface area (Å²) >= 11 is 0. The molecule has 4 aliphatic rings. The molecular weight excluding hydrogens is 390 g/mol. The van der Waals surface area contributed by atoms with Crippen molar-refractivity contribution < 1.29 is 17.6 Å². The van der Waals surface area contributed by atoms with Crippen molar-refractivity contribution >= 4 is 10.0 Å². The summed E-state index contributed by atoms with van der Waals surface area (Å²) in [5.41, 5.74) is 0. The van der Waals surface area contributed by atoms with Crippen molar-refractivity contribution in [2.24, 2.45) is 5.92 Å². The second-order valence-electron chi connectivity index (χ2n) is 9.48. The standard InChI is InChI=1S/C21H33N3O4S/c1-15-4-8-23(9-5-15)18-12-16-2-3-17(13-18)24(16)29(25,26)20-14-27-10-6-19(20)21-22-7-11-28-21/h7,11,15-20H,2-6,8-10,12-14H2,1H3. The summed E-state index contributed by atoms with van der Waals surface area (Å²) in [5, 5.41) is -0.592. The van der Waals surface area contributed by atoms with Gasteiger partial charge in [-0.1, -0.05) is 6.92 Å². The van der Waals surface area contributed by atoms with Gasteiger partial charge in [0.25, 0.3) is 0 Å². The lowest BCUT2D eigenvalue weighted by atomic mass is 9.93. The predicted molar refractivity (Wildman–Crippen MR) is 109 cm³/mol. The Balaban J connectivity index is 1.34. The van der Waals surface area contributed by atoms with Crippen molar-refractivity contribution in [3.05, 3.63) is 18.4 Å². The van der Waals surface area contributed by atoms with Crippen LogP contribution in [0.2, 0.25) is 0 Å². The molecule has 1 aromatic heterocycles. The summed E-state index contributed by atoms with van der Waals surface area (Å²) in [6.07, 6.45) is 10.2. The van der Waals surface area contributed by atoms with Crippen molar-refractivity contribution in [1.29, 1.82) is 0 Å². The molecule has 162 valence electrons. The van der Waals surface area contributed by atoms with Crippen LogP contribution in [0.1, 0.15) is 63.7 Å². The third kappa shape index (κ3) is 3.66. The van der Waals surface area contributed by atoms with E-state index in [1.54, 1.807) is 6.20 Å². The quantitative estimate of drug-likeness (QED) is 0.741. The molecular formula is C21H33N3O4S. The molecule has 0 N–H and O–H groups in total. The zero-order valence-corrected chi connectivity index (χ0v) is 18.1. The van der Waals surface area contributed by atoms with Gasteiger partial charge in [0.15, 0.2) is 5.89 Å². The van der Waals surface area contributed by atoms with Gasteiger partial charge < -0.3 is 14.1 Å². The number of ether oxygens (including phenoxy) is 1. The van der Waals surface area contributed by atoms with Gasteiger partial charge in [-0.2, -0.15) is 4.31 Å². The Kier molecular flexibility index (Phi) is 5.47. The third-order valence-electron chi connectivity index (χ3n) is 7.72. The average molecular weight is 424 g/mol. The first-order valence-corrected chi connectivity index (χ1v) is 12.8. The summed E-state index contributed by atoms with van der Waals surface area (Å²) in [6, 6.07) is 0.807. The first-order chi connectivity index (χ1) is 14.0. The van der Waals surface area contributed by atoms with E-state index in [1.807, 2.05) is 4.31 Å². The lowest BCUT2D eigenvalue weighted by Crippen LogP contribution is -2.57. The topological polar surface area (TPSA) is 75.9 Å². The highest BCUT2D eigenvalue weighted by molar-refractivity contribution is 7.89. The van der Waals surface area contributed by atoms with Crippen molar-refractivity contribution in [3.8, 4) is 0 Å². The molecule has 0 saturated carbocycles. The van der Waals surface area contributed by atoms with Gasteiger partial charge in [-0.25, -0.2) is 13.4 Å². The fourth-order valence-electron chi connectivity index (χ4n) is 6.07. The molecule has 0 radical (unpaired) electrons. The lowest BCUT2D eigenvalue weighted by molar-refractivity contribution is 0.0663. The molecule has 5 rings (SSSR count). The Morgan fingerprint density at radius 3 is 2.41 bits per heavy atom. The molecule has 0 spiro atoms. The largest absolute Gasteiger partial charge is 0.449 e. The third-order valence-corrected chi connectivity index (χ3v) is 10.1. The number of piperidine rings is 2. The van der Waals surface area contributed by atoms with Crippen molar-refractivity contribution in [3.63, 3.8) is 0 Å². The maximum absolute atomic E-state index is 13.8. The Morgan fingerprint density at radius 2 is 1.76 bits per heavy atom. The van der Waals surface area contributed by atoms with Crippen LogP contribution in [0.25, 0.3) is 0 Å². The van der Waals surface area contributed by atoms with Crippen LogP contribution < -0.4 is 0 Å². The Bertz CT molecular complexity index is 777. The van der Waals surface area contributed by atoms with E-state index < -0.39 is 15.3 Å². The molecule has 4 fully saturated rings. The van der Waals surface area contributed by atoms with Gasteiger partial charge in [0, 0.05) is 24.7 Å². The Labute approximate surface area is 173 Å². The van der Waals surface area contributed by atoms with E-state index >= 15 is 0 Å². The van der Waals surface area contributed by atoms with Crippen molar-refractivity contribution in [2.45, 2.75) is 81.2 Å². The number of sulfonamides is 1. The lowest BCUT2D eigenvalue weighted by Gasteiger charge is -2.46. The number of likely N-dealkylation sites (tertiary alicyclic amines) is 1. The van der Waals surface area contributed by atoms with Crippen molar-refractivity contribution in [1.82, 2.24) is 14.2 Å². The van der Waals surface area contributed by atoms with Gasteiger partial charge in [-0.3, -0.25) is 0 Å². The maximum atomic E-state index is 13.8. The number of aromatic nitrogens is 1. The van der Waals surface area contributed by atoms with Gasteiger partial charge in [-0.05, 0) is 64.0 Å². The second kappa shape index (κ2) is 7.94. The van der Waals surface area contributed by atoms with E-state index in [4.69, 9.17) is 9.15 Å². The van der Waals surface area contributed by atoms with Gasteiger partial charge in [-0.15, -0.1) is 0 Å². The normalized spacial score (nSPS) is 37.8. The first-order valence-electron chi connectivity index (χ1n) is 11.3. The molecule has 2 bridgehead atoms. The molecule has 0 amide bonds. The summed E-state index contributed by atoms with van der Waals surface area (Å²) in [7, 11) is -3.47. The number of oxazole rings is 1. The highest BCUT2D eigenvalue weighted by atomic mass is 32.2. The number of hydrogen-bond donors (Lipinski definition) is 0. The number of rotatable bonds is 4.